The maximum atomic E-state index is 11.6. The van der Waals surface area contributed by atoms with Crippen molar-refractivity contribution in [2.75, 3.05) is 11.9 Å². The molecule has 6 heteroatoms. The van der Waals surface area contributed by atoms with E-state index in [2.05, 4.69) is 38.4 Å². The van der Waals surface area contributed by atoms with E-state index in [1.165, 1.54) is 6.21 Å². The summed E-state index contributed by atoms with van der Waals surface area (Å²) in [4.78, 5) is 11.6. The van der Waals surface area contributed by atoms with Crippen LogP contribution in [0.15, 0.2) is 45.9 Å². The number of hydrogen-bond acceptors (Lipinski definition) is 4. The van der Waals surface area contributed by atoms with Crippen LogP contribution in [0.3, 0.4) is 0 Å². The number of aryl methyl sites for hydroxylation is 1. The van der Waals surface area contributed by atoms with Gasteiger partial charge in [-0.1, -0.05) is 0 Å². The molecule has 0 fully saturated rings. The standard InChI is InChI=1S/C14H14IN3O2/c1-10-2-7-13(20-10)8-17-18-14(19)9-16-12-5-3-11(15)4-6-12/h2-8,16H,9H2,1H3,(H,18,19)/b17-8-. The maximum absolute atomic E-state index is 11.6. The number of carbonyl (C=O) groups is 1. The van der Waals surface area contributed by atoms with Gasteiger partial charge in [-0.15, -0.1) is 0 Å². The second kappa shape index (κ2) is 7.09. The number of hydrogen-bond donors (Lipinski definition) is 2. The Balaban J connectivity index is 1.75. The van der Waals surface area contributed by atoms with Crippen LogP contribution in [-0.4, -0.2) is 18.7 Å². The zero-order valence-corrected chi connectivity index (χ0v) is 13.0. The molecule has 1 aromatic carbocycles. The van der Waals surface area contributed by atoms with Crippen molar-refractivity contribution in [1.82, 2.24) is 5.43 Å². The second-order valence-corrected chi connectivity index (χ2v) is 5.35. The third-order valence-corrected chi connectivity index (χ3v) is 3.16. The fraction of sp³-hybridized carbons (Fsp3) is 0.143. The molecule has 1 heterocycles. The third kappa shape index (κ3) is 4.69. The van der Waals surface area contributed by atoms with Crippen LogP contribution in [0.1, 0.15) is 11.5 Å². The van der Waals surface area contributed by atoms with Gasteiger partial charge in [0.25, 0.3) is 5.91 Å². The summed E-state index contributed by atoms with van der Waals surface area (Å²) in [5, 5.41) is 6.83. The number of carbonyl (C=O) groups excluding carboxylic acids is 1. The molecule has 0 aliphatic heterocycles. The van der Waals surface area contributed by atoms with Crippen molar-refractivity contribution in [2.24, 2.45) is 5.10 Å². The van der Waals surface area contributed by atoms with Crippen LogP contribution in [0.5, 0.6) is 0 Å². The Hall–Kier alpha value is -1.83. The number of anilines is 1. The summed E-state index contributed by atoms with van der Waals surface area (Å²) >= 11 is 2.23. The molecule has 0 spiro atoms. The number of benzene rings is 1. The number of furan rings is 1. The van der Waals surface area contributed by atoms with Gasteiger partial charge in [0.15, 0.2) is 0 Å². The molecule has 0 unspecified atom stereocenters. The summed E-state index contributed by atoms with van der Waals surface area (Å²) in [6, 6.07) is 11.4. The molecule has 104 valence electrons. The summed E-state index contributed by atoms with van der Waals surface area (Å²) in [6.45, 7) is 2.01. The summed E-state index contributed by atoms with van der Waals surface area (Å²) in [6.07, 6.45) is 1.47. The van der Waals surface area contributed by atoms with Gasteiger partial charge in [-0.05, 0) is 65.9 Å². The lowest BCUT2D eigenvalue weighted by Gasteiger charge is -2.04. The molecule has 0 atom stereocenters. The van der Waals surface area contributed by atoms with E-state index in [9.17, 15) is 4.79 Å². The Morgan fingerprint density at radius 2 is 2.05 bits per heavy atom. The predicted molar refractivity (Wildman–Crippen MR) is 86.8 cm³/mol. The molecule has 0 saturated heterocycles. The third-order valence-electron chi connectivity index (χ3n) is 2.44. The number of halogens is 1. The number of nitrogens with one attached hydrogen (secondary N) is 2. The van der Waals surface area contributed by atoms with Gasteiger partial charge in [-0.3, -0.25) is 4.79 Å². The molecule has 5 nitrogen and oxygen atoms in total. The van der Waals surface area contributed by atoms with E-state index in [0.717, 1.165) is 15.0 Å². The molecule has 0 bridgehead atoms. The SMILES string of the molecule is Cc1ccc(/C=N\NC(=O)CNc2ccc(I)cc2)o1. The molecule has 0 aliphatic carbocycles. The first-order valence-corrected chi connectivity index (χ1v) is 7.09. The maximum Gasteiger partial charge on any atom is 0.259 e. The highest BCUT2D eigenvalue weighted by Gasteiger charge is 1.99. The van der Waals surface area contributed by atoms with Crippen molar-refractivity contribution in [3.63, 3.8) is 0 Å². The molecule has 2 rings (SSSR count). The van der Waals surface area contributed by atoms with Gasteiger partial charge in [0, 0.05) is 9.26 Å². The molecule has 1 aromatic heterocycles. The lowest BCUT2D eigenvalue weighted by atomic mass is 10.3. The molecule has 0 radical (unpaired) electrons. The second-order valence-electron chi connectivity index (χ2n) is 4.10. The van der Waals surface area contributed by atoms with Crippen molar-refractivity contribution in [1.29, 1.82) is 0 Å². The van der Waals surface area contributed by atoms with Crippen LogP contribution in [0.25, 0.3) is 0 Å². The normalized spacial score (nSPS) is 10.7. The van der Waals surface area contributed by atoms with Crippen molar-refractivity contribution >= 4 is 40.4 Å². The Morgan fingerprint density at radius 1 is 1.30 bits per heavy atom. The smallest absolute Gasteiger partial charge is 0.259 e. The topological polar surface area (TPSA) is 66.6 Å². The van der Waals surface area contributed by atoms with E-state index in [1.807, 2.05) is 37.3 Å². The van der Waals surface area contributed by atoms with Gasteiger partial charge in [-0.2, -0.15) is 5.10 Å². The van der Waals surface area contributed by atoms with Crippen molar-refractivity contribution in [2.45, 2.75) is 6.92 Å². The van der Waals surface area contributed by atoms with E-state index in [1.54, 1.807) is 6.07 Å². The molecule has 0 aliphatic rings. The lowest BCUT2D eigenvalue weighted by Crippen LogP contribution is -2.25. The Morgan fingerprint density at radius 3 is 2.70 bits per heavy atom. The van der Waals surface area contributed by atoms with Gasteiger partial charge in [0.1, 0.15) is 11.5 Å². The van der Waals surface area contributed by atoms with Crippen molar-refractivity contribution in [3.8, 4) is 0 Å². The first-order valence-electron chi connectivity index (χ1n) is 6.01. The quantitative estimate of drug-likeness (QED) is 0.474. The molecule has 2 aromatic rings. The molecule has 2 N–H and O–H groups in total. The van der Waals surface area contributed by atoms with E-state index in [4.69, 9.17) is 4.42 Å². The zero-order valence-electron chi connectivity index (χ0n) is 10.9. The number of rotatable bonds is 5. The predicted octanol–water partition coefficient (Wildman–Crippen LogP) is 2.75. The summed E-state index contributed by atoms with van der Waals surface area (Å²) < 4.78 is 6.44. The minimum Gasteiger partial charge on any atom is -0.460 e. The Kier molecular flexibility index (Phi) is 5.16. The summed E-state index contributed by atoms with van der Waals surface area (Å²) in [5.41, 5.74) is 3.32. The van der Waals surface area contributed by atoms with E-state index in [0.29, 0.717) is 5.76 Å². The van der Waals surface area contributed by atoms with Crippen LogP contribution in [0, 0.1) is 10.5 Å². The molecule has 0 saturated carbocycles. The number of nitrogens with zero attached hydrogens (tertiary/aromatic N) is 1. The van der Waals surface area contributed by atoms with E-state index in [-0.39, 0.29) is 12.5 Å². The first-order chi connectivity index (χ1) is 9.63. The van der Waals surface area contributed by atoms with Crippen LogP contribution >= 0.6 is 22.6 Å². The van der Waals surface area contributed by atoms with E-state index >= 15 is 0 Å². The molecular formula is C14H14IN3O2. The average Bonchev–Trinajstić information content (AvgIpc) is 2.84. The molecular weight excluding hydrogens is 369 g/mol. The van der Waals surface area contributed by atoms with Gasteiger partial charge in [-0.25, -0.2) is 5.43 Å². The highest BCUT2D eigenvalue weighted by molar-refractivity contribution is 14.1. The van der Waals surface area contributed by atoms with Crippen LogP contribution in [0.2, 0.25) is 0 Å². The van der Waals surface area contributed by atoms with Gasteiger partial charge >= 0.3 is 0 Å². The highest BCUT2D eigenvalue weighted by atomic mass is 127. The lowest BCUT2D eigenvalue weighted by molar-refractivity contribution is -0.119. The van der Waals surface area contributed by atoms with Gasteiger partial charge in [0.05, 0.1) is 12.8 Å². The molecule has 20 heavy (non-hydrogen) atoms. The number of hydrazone groups is 1. The fourth-order valence-corrected chi connectivity index (χ4v) is 1.84. The average molecular weight is 383 g/mol. The van der Waals surface area contributed by atoms with Crippen molar-refractivity contribution < 1.29 is 9.21 Å². The number of amides is 1. The first kappa shape index (κ1) is 14.6. The van der Waals surface area contributed by atoms with Gasteiger partial charge < -0.3 is 9.73 Å². The van der Waals surface area contributed by atoms with Gasteiger partial charge in [0.2, 0.25) is 0 Å². The largest absolute Gasteiger partial charge is 0.460 e. The summed E-state index contributed by atoms with van der Waals surface area (Å²) in [7, 11) is 0. The minimum atomic E-state index is -0.219. The van der Waals surface area contributed by atoms with Crippen LogP contribution in [0.4, 0.5) is 5.69 Å². The Labute approximate surface area is 130 Å². The monoisotopic (exact) mass is 383 g/mol. The summed E-state index contributed by atoms with van der Waals surface area (Å²) in [5.74, 6) is 1.19. The highest BCUT2D eigenvalue weighted by Crippen LogP contribution is 2.10. The molecule has 1 amide bonds. The van der Waals surface area contributed by atoms with Crippen LogP contribution in [-0.2, 0) is 4.79 Å². The zero-order chi connectivity index (χ0) is 14.4. The minimum absolute atomic E-state index is 0.162. The Bertz CT molecular complexity index is 605. The van der Waals surface area contributed by atoms with Crippen LogP contribution < -0.4 is 10.7 Å². The van der Waals surface area contributed by atoms with Crippen molar-refractivity contribution in [3.05, 3.63) is 51.5 Å². The van der Waals surface area contributed by atoms with E-state index < -0.39 is 0 Å². The fourth-order valence-electron chi connectivity index (χ4n) is 1.48.